The maximum Gasteiger partial charge on any atom is 0.338 e. The highest BCUT2D eigenvalue weighted by Gasteiger charge is 2.12. The fourth-order valence-electron chi connectivity index (χ4n) is 1.21. The zero-order chi connectivity index (χ0) is 11.3. The summed E-state index contributed by atoms with van der Waals surface area (Å²) in [5, 5.41) is 3.49. The minimum absolute atomic E-state index is 0.294. The smallest absolute Gasteiger partial charge is 0.338 e. The Bertz CT molecular complexity index is 423. The van der Waals surface area contributed by atoms with Crippen LogP contribution >= 0.6 is 0 Å². The number of carbonyl (C=O) groups is 1. The molecule has 0 amide bonds. The van der Waals surface area contributed by atoms with Gasteiger partial charge in [0.1, 0.15) is 0 Å². The standard InChI is InChI=1S/C10H11N3O2/c1-3-15-10(14)8-6-4-5-7(2)9(8)12-13-11/h4-6H,3H2,1-2H3. The van der Waals surface area contributed by atoms with Crippen LogP contribution in [0.3, 0.4) is 0 Å². The highest BCUT2D eigenvalue weighted by atomic mass is 16.5. The Hall–Kier alpha value is -2.00. The number of benzene rings is 1. The third kappa shape index (κ3) is 2.48. The molecule has 0 saturated heterocycles. The normalized spacial score (nSPS) is 9.20. The Balaban J connectivity index is 3.22. The fourth-order valence-corrected chi connectivity index (χ4v) is 1.21. The van der Waals surface area contributed by atoms with Crippen LogP contribution in [-0.4, -0.2) is 12.6 Å². The molecular weight excluding hydrogens is 194 g/mol. The van der Waals surface area contributed by atoms with Crippen LogP contribution in [-0.2, 0) is 4.74 Å². The van der Waals surface area contributed by atoms with Gasteiger partial charge in [-0.2, -0.15) is 0 Å². The number of azide groups is 1. The van der Waals surface area contributed by atoms with Crippen LogP contribution in [0, 0.1) is 6.92 Å². The number of nitrogens with zero attached hydrogens (tertiary/aromatic N) is 3. The summed E-state index contributed by atoms with van der Waals surface area (Å²) < 4.78 is 4.85. The maximum absolute atomic E-state index is 11.5. The second-order valence-electron chi connectivity index (χ2n) is 2.88. The first-order valence-electron chi connectivity index (χ1n) is 4.52. The quantitative estimate of drug-likeness (QED) is 0.329. The Morgan fingerprint density at radius 1 is 1.60 bits per heavy atom. The Morgan fingerprint density at radius 3 is 2.93 bits per heavy atom. The molecule has 0 aliphatic heterocycles. The Kier molecular flexibility index (Phi) is 3.71. The molecule has 0 radical (unpaired) electrons. The minimum Gasteiger partial charge on any atom is -0.462 e. The van der Waals surface area contributed by atoms with Crippen LogP contribution < -0.4 is 0 Å². The number of carbonyl (C=O) groups excluding carboxylic acids is 1. The predicted octanol–water partition coefficient (Wildman–Crippen LogP) is 3.11. The van der Waals surface area contributed by atoms with Gasteiger partial charge >= 0.3 is 5.97 Å². The zero-order valence-corrected chi connectivity index (χ0v) is 8.60. The average Bonchev–Trinajstić information content (AvgIpc) is 2.21. The van der Waals surface area contributed by atoms with Crippen molar-refractivity contribution in [1.82, 2.24) is 0 Å². The molecule has 0 aliphatic carbocycles. The van der Waals surface area contributed by atoms with Gasteiger partial charge in [-0.25, -0.2) is 4.79 Å². The highest BCUT2D eigenvalue weighted by molar-refractivity contribution is 5.95. The van der Waals surface area contributed by atoms with Crippen molar-refractivity contribution in [3.8, 4) is 0 Å². The van der Waals surface area contributed by atoms with Gasteiger partial charge in [0.05, 0.1) is 17.9 Å². The molecule has 0 aliphatic rings. The maximum atomic E-state index is 11.5. The summed E-state index contributed by atoms with van der Waals surface area (Å²) in [6.45, 7) is 3.79. The molecule has 0 saturated carbocycles. The van der Waals surface area contributed by atoms with E-state index in [0.29, 0.717) is 17.9 Å². The lowest BCUT2D eigenvalue weighted by molar-refractivity contribution is 0.0527. The van der Waals surface area contributed by atoms with E-state index in [2.05, 4.69) is 10.0 Å². The summed E-state index contributed by atoms with van der Waals surface area (Å²) in [6.07, 6.45) is 0. The monoisotopic (exact) mass is 205 g/mol. The summed E-state index contributed by atoms with van der Waals surface area (Å²) in [6, 6.07) is 5.07. The molecule has 1 aromatic rings. The molecule has 1 rings (SSSR count). The average molecular weight is 205 g/mol. The lowest BCUT2D eigenvalue weighted by Crippen LogP contribution is -2.05. The number of hydrogen-bond acceptors (Lipinski definition) is 3. The van der Waals surface area contributed by atoms with Crippen LogP contribution in [0.15, 0.2) is 23.3 Å². The molecule has 0 N–H and O–H groups in total. The van der Waals surface area contributed by atoms with Gasteiger partial charge in [-0.3, -0.25) is 0 Å². The first kappa shape index (κ1) is 11.1. The van der Waals surface area contributed by atoms with E-state index < -0.39 is 5.97 Å². The molecule has 0 bridgehead atoms. The van der Waals surface area contributed by atoms with Crippen molar-refractivity contribution >= 4 is 11.7 Å². The molecule has 0 aromatic heterocycles. The highest BCUT2D eigenvalue weighted by Crippen LogP contribution is 2.24. The van der Waals surface area contributed by atoms with E-state index in [9.17, 15) is 4.79 Å². The van der Waals surface area contributed by atoms with Gasteiger partial charge in [0.2, 0.25) is 0 Å². The first-order chi connectivity index (χ1) is 7.20. The fraction of sp³-hybridized carbons (Fsp3) is 0.300. The lowest BCUT2D eigenvalue weighted by Gasteiger charge is -2.06. The SMILES string of the molecule is CCOC(=O)c1cccc(C)c1N=[N+]=[N-]. The number of rotatable bonds is 3. The second kappa shape index (κ2) is 5.02. The summed E-state index contributed by atoms with van der Waals surface area (Å²) in [5.41, 5.74) is 9.77. The van der Waals surface area contributed by atoms with Gasteiger partial charge in [0.15, 0.2) is 0 Å². The summed E-state index contributed by atoms with van der Waals surface area (Å²) >= 11 is 0. The van der Waals surface area contributed by atoms with Crippen LogP contribution in [0.5, 0.6) is 0 Å². The molecule has 0 unspecified atom stereocenters. The summed E-state index contributed by atoms with van der Waals surface area (Å²) in [4.78, 5) is 14.2. The van der Waals surface area contributed by atoms with Crippen LogP contribution in [0.25, 0.3) is 10.4 Å². The summed E-state index contributed by atoms with van der Waals surface area (Å²) in [5.74, 6) is -0.469. The number of ether oxygens (including phenoxy) is 1. The topological polar surface area (TPSA) is 75.1 Å². The van der Waals surface area contributed by atoms with E-state index >= 15 is 0 Å². The van der Waals surface area contributed by atoms with Gasteiger partial charge in [-0.15, -0.1) is 0 Å². The van der Waals surface area contributed by atoms with Crippen LogP contribution in [0.2, 0.25) is 0 Å². The molecular formula is C10H11N3O2. The van der Waals surface area contributed by atoms with E-state index in [0.717, 1.165) is 5.56 Å². The van der Waals surface area contributed by atoms with Crippen LogP contribution in [0.1, 0.15) is 22.8 Å². The van der Waals surface area contributed by atoms with Crippen LogP contribution in [0.4, 0.5) is 5.69 Å². The molecule has 0 fully saturated rings. The van der Waals surface area contributed by atoms with Gasteiger partial charge in [-0.1, -0.05) is 17.2 Å². The van der Waals surface area contributed by atoms with Crippen molar-refractivity contribution in [3.63, 3.8) is 0 Å². The Labute approximate surface area is 87.3 Å². The molecule has 78 valence electrons. The molecule has 5 nitrogen and oxygen atoms in total. The van der Waals surface area contributed by atoms with E-state index in [1.165, 1.54) is 0 Å². The van der Waals surface area contributed by atoms with Gasteiger partial charge in [-0.05, 0) is 31.0 Å². The van der Waals surface area contributed by atoms with Crippen molar-refractivity contribution in [1.29, 1.82) is 0 Å². The van der Waals surface area contributed by atoms with Crippen molar-refractivity contribution in [2.24, 2.45) is 5.11 Å². The molecule has 0 heterocycles. The van der Waals surface area contributed by atoms with Crippen molar-refractivity contribution in [2.75, 3.05) is 6.61 Å². The van der Waals surface area contributed by atoms with Crippen molar-refractivity contribution in [2.45, 2.75) is 13.8 Å². The van der Waals surface area contributed by atoms with E-state index in [1.807, 2.05) is 0 Å². The van der Waals surface area contributed by atoms with Gasteiger partial charge in [0, 0.05) is 4.91 Å². The molecule has 0 spiro atoms. The molecule has 5 heteroatoms. The third-order valence-corrected chi connectivity index (χ3v) is 1.88. The van der Waals surface area contributed by atoms with Crippen molar-refractivity contribution < 1.29 is 9.53 Å². The first-order valence-corrected chi connectivity index (χ1v) is 4.52. The summed E-state index contributed by atoms with van der Waals surface area (Å²) in [7, 11) is 0. The largest absolute Gasteiger partial charge is 0.462 e. The molecule has 1 aromatic carbocycles. The van der Waals surface area contributed by atoms with Gasteiger partial charge < -0.3 is 4.74 Å². The van der Waals surface area contributed by atoms with Crippen molar-refractivity contribution in [3.05, 3.63) is 39.8 Å². The van der Waals surface area contributed by atoms with Gasteiger partial charge in [0.25, 0.3) is 0 Å². The van der Waals surface area contributed by atoms with E-state index in [1.54, 1.807) is 32.0 Å². The molecule has 0 atom stereocenters. The third-order valence-electron chi connectivity index (χ3n) is 1.88. The van der Waals surface area contributed by atoms with E-state index in [-0.39, 0.29) is 0 Å². The second-order valence-corrected chi connectivity index (χ2v) is 2.88. The lowest BCUT2D eigenvalue weighted by atomic mass is 10.1. The minimum atomic E-state index is -0.469. The number of esters is 1. The predicted molar refractivity (Wildman–Crippen MR) is 55.9 cm³/mol. The number of hydrogen-bond donors (Lipinski definition) is 0. The number of aryl methyl sites for hydroxylation is 1. The van der Waals surface area contributed by atoms with E-state index in [4.69, 9.17) is 10.3 Å². The molecule has 15 heavy (non-hydrogen) atoms. The zero-order valence-electron chi connectivity index (χ0n) is 8.60. The Morgan fingerprint density at radius 2 is 2.33 bits per heavy atom.